The minimum Gasteiger partial charge on any atom is -0.497 e. The summed E-state index contributed by atoms with van der Waals surface area (Å²) < 4.78 is 48.7. The Kier molecular flexibility index (Phi) is 8.80. The van der Waals surface area contributed by atoms with Crippen molar-refractivity contribution < 1.29 is 32.2 Å². The van der Waals surface area contributed by atoms with Gasteiger partial charge in [-0.15, -0.1) is 0 Å². The fourth-order valence-electron chi connectivity index (χ4n) is 3.17. The van der Waals surface area contributed by atoms with Crippen molar-refractivity contribution in [2.45, 2.75) is 11.3 Å². The molecule has 0 radical (unpaired) electrons. The first-order chi connectivity index (χ1) is 16.8. The number of nitrogens with one attached hydrogen (secondary N) is 2. The van der Waals surface area contributed by atoms with Gasteiger partial charge in [0.05, 0.1) is 26.2 Å². The van der Waals surface area contributed by atoms with Crippen LogP contribution in [0.1, 0.15) is 5.56 Å². The normalized spacial score (nSPS) is 10.8. The Balaban J connectivity index is 1.46. The highest BCUT2D eigenvalue weighted by molar-refractivity contribution is 7.92. The van der Waals surface area contributed by atoms with Crippen molar-refractivity contribution in [2.24, 2.45) is 0 Å². The second-order valence-corrected chi connectivity index (χ2v) is 9.07. The molecule has 0 spiro atoms. The van der Waals surface area contributed by atoms with Gasteiger partial charge in [0, 0.05) is 12.2 Å². The number of hydrogen-bond donors (Lipinski definition) is 2. The third-order valence-corrected chi connectivity index (χ3v) is 6.43. The van der Waals surface area contributed by atoms with Crippen LogP contribution in [0.25, 0.3) is 0 Å². The maximum atomic E-state index is 12.6. The minimum absolute atomic E-state index is 0.0695. The Morgan fingerprint density at radius 2 is 1.46 bits per heavy atom. The standard InChI is InChI=1S/C25H28N2O7S/c1-31-20-7-5-19(6-8-20)27-35(29,30)22-11-9-21(10-12-22)34-17-25(28)26-15-14-18-4-13-23(32-2)24(16-18)33-3/h4-13,16,27H,14-15,17H2,1-3H3,(H,26,28). The number of amides is 1. The van der Waals surface area contributed by atoms with Gasteiger partial charge in [-0.05, 0) is 72.6 Å². The van der Waals surface area contributed by atoms with Crippen LogP contribution in [0.2, 0.25) is 0 Å². The first-order valence-corrected chi connectivity index (χ1v) is 12.2. The van der Waals surface area contributed by atoms with Crippen LogP contribution in [-0.2, 0) is 21.2 Å². The lowest BCUT2D eigenvalue weighted by molar-refractivity contribution is -0.123. The van der Waals surface area contributed by atoms with E-state index in [-0.39, 0.29) is 17.4 Å². The molecule has 2 N–H and O–H groups in total. The van der Waals surface area contributed by atoms with Gasteiger partial charge in [-0.1, -0.05) is 6.07 Å². The van der Waals surface area contributed by atoms with Gasteiger partial charge in [-0.3, -0.25) is 9.52 Å². The Bertz CT molecular complexity index is 1230. The molecule has 0 heterocycles. The van der Waals surface area contributed by atoms with Gasteiger partial charge < -0.3 is 24.3 Å². The number of carbonyl (C=O) groups is 1. The molecule has 0 fully saturated rings. The maximum absolute atomic E-state index is 12.6. The van der Waals surface area contributed by atoms with Crippen LogP contribution in [0.3, 0.4) is 0 Å². The fourth-order valence-corrected chi connectivity index (χ4v) is 4.23. The highest BCUT2D eigenvalue weighted by Crippen LogP contribution is 2.27. The predicted octanol–water partition coefficient (Wildman–Crippen LogP) is 3.25. The molecule has 0 aliphatic carbocycles. The minimum atomic E-state index is -3.77. The fraction of sp³-hybridized carbons (Fsp3) is 0.240. The van der Waals surface area contributed by atoms with Gasteiger partial charge in [-0.2, -0.15) is 0 Å². The molecule has 9 nitrogen and oxygen atoms in total. The van der Waals surface area contributed by atoms with Crippen LogP contribution in [0.5, 0.6) is 23.0 Å². The number of rotatable bonds is 12. The first kappa shape index (κ1) is 25.7. The van der Waals surface area contributed by atoms with Gasteiger partial charge in [-0.25, -0.2) is 8.42 Å². The molecule has 3 rings (SSSR count). The molecule has 0 saturated carbocycles. The largest absolute Gasteiger partial charge is 0.497 e. The summed E-state index contributed by atoms with van der Waals surface area (Å²) in [6.07, 6.45) is 0.611. The molecule has 1 amide bonds. The van der Waals surface area contributed by atoms with Crippen molar-refractivity contribution in [3.05, 3.63) is 72.3 Å². The third-order valence-electron chi connectivity index (χ3n) is 5.03. The summed E-state index contributed by atoms with van der Waals surface area (Å²) in [6, 6.07) is 17.9. The highest BCUT2D eigenvalue weighted by Gasteiger charge is 2.14. The van der Waals surface area contributed by atoms with Crippen LogP contribution in [-0.4, -0.2) is 48.8 Å². The van der Waals surface area contributed by atoms with E-state index in [2.05, 4.69) is 10.0 Å². The van der Waals surface area contributed by atoms with E-state index in [4.69, 9.17) is 18.9 Å². The summed E-state index contributed by atoms with van der Waals surface area (Å²) in [7, 11) is 0.906. The molecule has 0 aromatic heterocycles. The number of sulfonamides is 1. The summed E-state index contributed by atoms with van der Waals surface area (Å²) in [5, 5.41) is 2.79. The second kappa shape index (κ2) is 12.0. The Labute approximate surface area is 205 Å². The van der Waals surface area contributed by atoms with E-state index < -0.39 is 10.0 Å². The molecule has 0 saturated heterocycles. The molecule has 0 aliphatic rings. The van der Waals surface area contributed by atoms with Crippen molar-refractivity contribution in [1.29, 1.82) is 0 Å². The number of methoxy groups -OCH3 is 3. The first-order valence-electron chi connectivity index (χ1n) is 10.7. The van der Waals surface area contributed by atoms with Crippen molar-refractivity contribution in [1.82, 2.24) is 5.32 Å². The number of ether oxygens (including phenoxy) is 4. The topological polar surface area (TPSA) is 112 Å². The van der Waals surface area contributed by atoms with Gasteiger partial charge >= 0.3 is 0 Å². The summed E-state index contributed by atoms with van der Waals surface area (Å²) >= 11 is 0. The average molecular weight is 501 g/mol. The van der Waals surface area contributed by atoms with E-state index >= 15 is 0 Å². The Morgan fingerprint density at radius 3 is 2.09 bits per heavy atom. The molecule has 3 aromatic carbocycles. The molecule has 0 bridgehead atoms. The van der Waals surface area contributed by atoms with E-state index in [0.717, 1.165) is 5.56 Å². The molecule has 186 valence electrons. The van der Waals surface area contributed by atoms with Crippen LogP contribution >= 0.6 is 0 Å². The Morgan fingerprint density at radius 1 is 0.800 bits per heavy atom. The molecule has 0 atom stereocenters. The van der Waals surface area contributed by atoms with Crippen molar-refractivity contribution in [2.75, 3.05) is 39.2 Å². The van der Waals surface area contributed by atoms with Gasteiger partial charge in [0.15, 0.2) is 18.1 Å². The van der Waals surface area contributed by atoms with Crippen LogP contribution in [0.15, 0.2) is 71.6 Å². The van der Waals surface area contributed by atoms with E-state index in [1.807, 2.05) is 18.2 Å². The van der Waals surface area contributed by atoms with Gasteiger partial charge in [0.2, 0.25) is 0 Å². The number of hydrogen-bond acceptors (Lipinski definition) is 7. The quantitative estimate of drug-likeness (QED) is 0.393. The SMILES string of the molecule is COc1ccc(NS(=O)(=O)c2ccc(OCC(=O)NCCc3ccc(OC)c(OC)c3)cc2)cc1. The lowest BCUT2D eigenvalue weighted by Crippen LogP contribution is -2.30. The Hall–Kier alpha value is -3.92. The number of carbonyl (C=O) groups excluding carboxylic acids is 1. The van der Waals surface area contributed by atoms with Crippen LogP contribution in [0.4, 0.5) is 5.69 Å². The van der Waals surface area contributed by atoms with E-state index in [0.29, 0.717) is 41.7 Å². The lowest BCUT2D eigenvalue weighted by atomic mass is 10.1. The monoisotopic (exact) mass is 500 g/mol. The molecule has 3 aromatic rings. The summed E-state index contributed by atoms with van der Waals surface area (Å²) in [4.78, 5) is 12.2. The lowest BCUT2D eigenvalue weighted by Gasteiger charge is -2.11. The second-order valence-electron chi connectivity index (χ2n) is 7.38. The molecule has 0 unspecified atom stereocenters. The van der Waals surface area contributed by atoms with Crippen molar-refractivity contribution in [3.63, 3.8) is 0 Å². The third kappa shape index (κ3) is 7.28. The van der Waals surface area contributed by atoms with Crippen molar-refractivity contribution in [3.8, 4) is 23.0 Å². The average Bonchev–Trinajstić information content (AvgIpc) is 2.87. The summed E-state index contributed by atoms with van der Waals surface area (Å²) in [6.45, 7) is 0.230. The zero-order valence-electron chi connectivity index (χ0n) is 19.7. The molecule has 35 heavy (non-hydrogen) atoms. The van der Waals surface area contributed by atoms with Gasteiger partial charge in [0.25, 0.3) is 15.9 Å². The van der Waals surface area contributed by atoms with E-state index in [1.54, 1.807) is 38.5 Å². The van der Waals surface area contributed by atoms with Gasteiger partial charge in [0.1, 0.15) is 11.5 Å². The van der Waals surface area contributed by atoms with Crippen LogP contribution < -0.4 is 29.0 Å². The molecular formula is C25H28N2O7S. The van der Waals surface area contributed by atoms with E-state index in [1.165, 1.54) is 31.4 Å². The highest BCUT2D eigenvalue weighted by atomic mass is 32.2. The number of anilines is 1. The zero-order chi connectivity index (χ0) is 25.3. The molecular weight excluding hydrogens is 472 g/mol. The molecule has 10 heteroatoms. The maximum Gasteiger partial charge on any atom is 0.261 e. The smallest absolute Gasteiger partial charge is 0.261 e. The molecule has 0 aliphatic heterocycles. The number of benzene rings is 3. The zero-order valence-corrected chi connectivity index (χ0v) is 20.6. The predicted molar refractivity (Wildman–Crippen MR) is 132 cm³/mol. The van der Waals surface area contributed by atoms with Crippen LogP contribution in [0, 0.1) is 0 Å². The summed E-state index contributed by atoms with van der Waals surface area (Å²) in [5.74, 6) is 1.99. The van der Waals surface area contributed by atoms with E-state index in [9.17, 15) is 13.2 Å². The van der Waals surface area contributed by atoms with Crippen molar-refractivity contribution >= 4 is 21.6 Å². The summed E-state index contributed by atoms with van der Waals surface area (Å²) in [5.41, 5.74) is 1.40.